The molecule has 0 unspecified atom stereocenters. The minimum atomic E-state index is -3.47. The monoisotopic (exact) mass is 355 g/mol. The molecule has 0 fully saturated rings. The molecule has 124 valence electrons. The second kappa shape index (κ2) is 7.23. The third kappa shape index (κ3) is 4.17. The standard InChI is InChI=1S/C15H18ClN3O3S/c1-3-4-5-10-8-17-13(19-15(10)23(2,21)22)12-6-11(7-16)14(20)18-9-12/h6,8-9H,3-5,7H2,1-2H3,(H,18,20). The van der Waals surface area contributed by atoms with Crippen LogP contribution in [0.25, 0.3) is 11.4 Å². The lowest BCUT2D eigenvalue weighted by molar-refractivity contribution is 0.595. The number of H-pyrrole nitrogens is 1. The van der Waals surface area contributed by atoms with E-state index in [9.17, 15) is 13.2 Å². The Hall–Kier alpha value is -1.73. The van der Waals surface area contributed by atoms with Gasteiger partial charge in [0.25, 0.3) is 5.56 Å². The molecular formula is C15H18ClN3O3S. The van der Waals surface area contributed by atoms with Gasteiger partial charge in [-0.1, -0.05) is 13.3 Å². The lowest BCUT2D eigenvalue weighted by atomic mass is 10.1. The molecule has 0 atom stereocenters. The van der Waals surface area contributed by atoms with Crippen LogP contribution in [0.3, 0.4) is 0 Å². The van der Waals surface area contributed by atoms with E-state index in [1.165, 1.54) is 6.20 Å². The molecule has 1 N–H and O–H groups in total. The molecule has 0 aliphatic rings. The van der Waals surface area contributed by atoms with Crippen molar-refractivity contribution in [2.24, 2.45) is 0 Å². The number of sulfone groups is 1. The summed E-state index contributed by atoms with van der Waals surface area (Å²) in [6.45, 7) is 2.03. The summed E-state index contributed by atoms with van der Waals surface area (Å²) in [5.41, 5.74) is 1.22. The van der Waals surface area contributed by atoms with Crippen molar-refractivity contribution < 1.29 is 8.42 Å². The molecule has 2 aromatic heterocycles. The number of aromatic amines is 1. The van der Waals surface area contributed by atoms with Crippen molar-refractivity contribution in [1.29, 1.82) is 0 Å². The highest BCUT2D eigenvalue weighted by atomic mass is 35.5. The fraction of sp³-hybridized carbons (Fsp3) is 0.400. The maximum absolute atomic E-state index is 12.0. The van der Waals surface area contributed by atoms with Crippen LogP contribution in [0.4, 0.5) is 0 Å². The Morgan fingerprint density at radius 3 is 2.65 bits per heavy atom. The third-order valence-corrected chi connectivity index (χ3v) is 4.70. The van der Waals surface area contributed by atoms with Gasteiger partial charge in [-0.05, 0) is 18.9 Å². The summed E-state index contributed by atoms with van der Waals surface area (Å²) < 4.78 is 24.0. The van der Waals surface area contributed by atoms with Crippen LogP contribution in [0, 0.1) is 0 Å². The summed E-state index contributed by atoms with van der Waals surface area (Å²) >= 11 is 5.72. The number of halogens is 1. The number of hydrogen-bond donors (Lipinski definition) is 1. The van der Waals surface area contributed by atoms with Gasteiger partial charge in [-0.2, -0.15) is 0 Å². The van der Waals surface area contributed by atoms with Crippen molar-refractivity contribution in [3.8, 4) is 11.4 Å². The lowest BCUT2D eigenvalue weighted by Gasteiger charge is -2.09. The largest absolute Gasteiger partial charge is 0.328 e. The number of nitrogens with zero attached hydrogens (tertiary/aromatic N) is 2. The lowest BCUT2D eigenvalue weighted by Crippen LogP contribution is -2.12. The van der Waals surface area contributed by atoms with Crippen molar-refractivity contribution in [1.82, 2.24) is 15.0 Å². The number of alkyl halides is 1. The summed E-state index contributed by atoms with van der Waals surface area (Å²) in [6.07, 6.45) is 6.54. The molecule has 6 nitrogen and oxygen atoms in total. The molecule has 23 heavy (non-hydrogen) atoms. The first-order chi connectivity index (χ1) is 10.9. The first kappa shape index (κ1) is 17.6. The van der Waals surface area contributed by atoms with Crippen LogP contribution in [0.1, 0.15) is 30.9 Å². The van der Waals surface area contributed by atoms with E-state index in [2.05, 4.69) is 15.0 Å². The van der Waals surface area contributed by atoms with Crippen molar-refractivity contribution in [2.75, 3.05) is 6.26 Å². The molecule has 0 aliphatic carbocycles. The van der Waals surface area contributed by atoms with E-state index in [0.29, 0.717) is 23.1 Å². The molecule has 0 bridgehead atoms. The van der Waals surface area contributed by atoms with Crippen LogP contribution in [0.15, 0.2) is 28.3 Å². The van der Waals surface area contributed by atoms with Crippen molar-refractivity contribution in [2.45, 2.75) is 37.1 Å². The Balaban J connectivity index is 2.55. The molecular weight excluding hydrogens is 338 g/mol. The van der Waals surface area contributed by atoms with E-state index in [4.69, 9.17) is 11.6 Å². The van der Waals surface area contributed by atoms with Gasteiger partial charge in [0.2, 0.25) is 0 Å². The Morgan fingerprint density at radius 2 is 2.04 bits per heavy atom. The van der Waals surface area contributed by atoms with E-state index in [-0.39, 0.29) is 22.3 Å². The van der Waals surface area contributed by atoms with Crippen molar-refractivity contribution in [3.63, 3.8) is 0 Å². The summed E-state index contributed by atoms with van der Waals surface area (Å²) in [4.78, 5) is 22.6. The topological polar surface area (TPSA) is 92.8 Å². The number of unbranched alkanes of at least 4 members (excludes halogenated alkanes) is 1. The van der Waals surface area contributed by atoms with Gasteiger partial charge in [0.15, 0.2) is 20.7 Å². The van der Waals surface area contributed by atoms with Crippen LogP contribution in [0.5, 0.6) is 0 Å². The SMILES string of the molecule is CCCCc1cnc(-c2c[nH]c(=O)c(CCl)c2)nc1S(C)(=O)=O. The number of hydrogen-bond acceptors (Lipinski definition) is 5. The molecule has 0 aromatic carbocycles. The fourth-order valence-corrected chi connectivity index (χ4v) is 3.23. The summed E-state index contributed by atoms with van der Waals surface area (Å²) in [5.74, 6) is 0.296. The van der Waals surface area contributed by atoms with Gasteiger partial charge in [-0.3, -0.25) is 4.79 Å². The Bertz CT molecular complexity index is 863. The Labute approximate surface area is 139 Å². The van der Waals surface area contributed by atoms with Gasteiger partial charge < -0.3 is 4.98 Å². The molecule has 2 rings (SSSR count). The molecule has 0 aliphatic heterocycles. The second-order valence-electron chi connectivity index (χ2n) is 5.28. The highest BCUT2D eigenvalue weighted by Crippen LogP contribution is 2.20. The molecule has 0 radical (unpaired) electrons. The average Bonchev–Trinajstić information content (AvgIpc) is 2.52. The highest BCUT2D eigenvalue weighted by molar-refractivity contribution is 7.90. The summed E-state index contributed by atoms with van der Waals surface area (Å²) in [5, 5.41) is 0.0366. The van der Waals surface area contributed by atoms with Crippen LogP contribution in [0.2, 0.25) is 0 Å². The zero-order valence-corrected chi connectivity index (χ0v) is 14.5. The minimum absolute atomic E-state index is 0.0366. The van der Waals surface area contributed by atoms with Crippen LogP contribution >= 0.6 is 11.6 Å². The maximum atomic E-state index is 12.0. The number of nitrogens with one attached hydrogen (secondary N) is 1. The van der Waals surface area contributed by atoms with E-state index in [1.54, 1.807) is 12.3 Å². The number of aromatic nitrogens is 3. The minimum Gasteiger partial charge on any atom is -0.328 e. The fourth-order valence-electron chi connectivity index (χ4n) is 2.15. The van der Waals surface area contributed by atoms with Crippen molar-refractivity contribution >= 4 is 21.4 Å². The molecule has 8 heteroatoms. The molecule has 0 saturated heterocycles. The zero-order valence-electron chi connectivity index (χ0n) is 13.0. The molecule has 0 amide bonds. The van der Waals surface area contributed by atoms with Crippen molar-refractivity contribution in [3.05, 3.63) is 39.9 Å². The smallest absolute Gasteiger partial charge is 0.252 e. The van der Waals surface area contributed by atoms with Gasteiger partial charge >= 0.3 is 0 Å². The number of rotatable bonds is 6. The number of pyridine rings is 1. The molecule has 2 aromatic rings. The van der Waals surface area contributed by atoms with Gasteiger partial charge in [0.1, 0.15) is 0 Å². The predicted molar refractivity (Wildman–Crippen MR) is 89.4 cm³/mol. The van der Waals surface area contributed by atoms with Gasteiger partial charge in [0.05, 0.1) is 5.88 Å². The molecule has 0 saturated carbocycles. The van der Waals surface area contributed by atoms with E-state index in [1.807, 2.05) is 6.92 Å². The highest BCUT2D eigenvalue weighted by Gasteiger charge is 2.18. The maximum Gasteiger partial charge on any atom is 0.252 e. The molecule has 2 heterocycles. The predicted octanol–water partition coefficient (Wildman–Crippen LogP) is 2.32. The van der Waals surface area contributed by atoms with Gasteiger partial charge in [-0.15, -0.1) is 11.6 Å². The normalized spacial score (nSPS) is 11.6. The van der Waals surface area contributed by atoms with Gasteiger partial charge in [0, 0.05) is 35.3 Å². The first-order valence-corrected chi connectivity index (χ1v) is 9.63. The van der Waals surface area contributed by atoms with Gasteiger partial charge in [-0.25, -0.2) is 18.4 Å². The van der Waals surface area contributed by atoms with Crippen LogP contribution in [-0.2, 0) is 22.1 Å². The van der Waals surface area contributed by atoms with E-state index < -0.39 is 9.84 Å². The second-order valence-corrected chi connectivity index (χ2v) is 7.47. The summed E-state index contributed by atoms with van der Waals surface area (Å²) in [6, 6.07) is 1.57. The first-order valence-electron chi connectivity index (χ1n) is 7.20. The van der Waals surface area contributed by atoms with Crippen LogP contribution < -0.4 is 5.56 Å². The Kier molecular flexibility index (Phi) is 5.54. The van der Waals surface area contributed by atoms with E-state index >= 15 is 0 Å². The average molecular weight is 356 g/mol. The Morgan fingerprint density at radius 1 is 1.30 bits per heavy atom. The molecule has 0 spiro atoms. The van der Waals surface area contributed by atoms with Crippen LogP contribution in [-0.4, -0.2) is 29.6 Å². The summed E-state index contributed by atoms with van der Waals surface area (Å²) in [7, 11) is -3.47. The zero-order chi connectivity index (χ0) is 17.0. The third-order valence-electron chi connectivity index (χ3n) is 3.36. The quantitative estimate of drug-likeness (QED) is 0.634. The number of aryl methyl sites for hydroxylation is 1. The van der Waals surface area contributed by atoms with E-state index in [0.717, 1.165) is 19.1 Å².